The summed E-state index contributed by atoms with van der Waals surface area (Å²) in [6.07, 6.45) is 3.92. The van der Waals surface area contributed by atoms with Gasteiger partial charge in [-0.25, -0.2) is 4.79 Å². The SMILES string of the molecule is CN(C(=O)c1ccn(C)n1)[C@@H](Cc1ccccc1)C1CCN(C(=O)c2cc3ccccc3oc2=O)CC1. The zero-order valence-corrected chi connectivity index (χ0v) is 21.0. The second-order valence-electron chi connectivity index (χ2n) is 9.66. The number of likely N-dealkylation sites (tertiary alicyclic amines) is 1. The minimum Gasteiger partial charge on any atom is -0.422 e. The molecule has 1 saturated heterocycles. The molecule has 2 aromatic heterocycles. The first-order chi connectivity index (χ1) is 17.9. The van der Waals surface area contributed by atoms with Crippen molar-refractivity contribution in [3.63, 3.8) is 0 Å². The molecule has 0 saturated carbocycles. The minimum atomic E-state index is -0.617. The van der Waals surface area contributed by atoms with Gasteiger partial charge >= 0.3 is 5.63 Å². The number of para-hydroxylation sites is 1. The van der Waals surface area contributed by atoms with E-state index < -0.39 is 5.63 Å². The largest absolute Gasteiger partial charge is 0.422 e. The molecule has 5 rings (SSSR count). The molecule has 4 aromatic rings. The highest BCUT2D eigenvalue weighted by Crippen LogP contribution is 2.28. The fourth-order valence-electron chi connectivity index (χ4n) is 5.20. The van der Waals surface area contributed by atoms with Crippen LogP contribution in [0.15, 0.2) is 82.1 Å². The Morgan fingerprint density at radius 1 is 1.05 bits per heavy atom. The second-order valence-corrected chi connectivity index (χ2v) is 9.66. The molecule has 2 amide bonds. The van der Waals surface area contributed by atoms with Crippen LogP contribution < -0.4 is 5.63 Å². The van der Waals surface area contributed by atoms with Crippen LogP contribution in [-0.4, -0.2) is 57.6 Å². The van der Waals surface area contributed by atoms with Crippen molar-refractivity contribution in [2.45, 2.75) is 25.3 Å². The predicted molar refractivity (Wildman–Crippen MR) is 140 cm³/mol. The lowest BCUT2D eigenvalue weighted by atomic mass is 9.84. The summed E-state index contributed by atoms with van der Waals surface area (Å²) in [6, 6.07) is 20.6. The molecule has 8 nitrogen and oxygen atoms in total. The molecule has 0 bridgehead atoms. The molecule has 0 radical (unpaired) electrons. The van der Waals surface area contributed by atoms with Gasteiger partial charge in [0.2, 0.25) is 0 Å². The van der Waals surface area contributed by atoms with E-state index in [2.05, 4.69) is 17.2 Å². The van der Waals surface area contributed by atoms with E-state index in [1.165, 1.54) is 0 Å². The van der Waals surface area contributed by atoms with Gasteiger partial charge in [0, 0.05) is 44.8 Å². The van der Waals surface area contributed by atoms with Gasteiger partial charge in [-0.1, -0.05) is 48.5 Å². The highest BCUT2D eigenvalue weighted by molar-refractivity contribution is 5.96. The summed E-state index contributed by atoms with van der Waals surface area (Å²) in [7, 11) is 3.63. The van der Waals surface area contributed by atoms with E-state index in [0.717, 1.165) is 23.8 Å². The molecule has 0 N–H and O–H groups in total. The number of carbonyl (C=O) groups excluding carboxylic acids is 2. The van der Waals surface area contributed by atoms with Gasteiger partial charge in [-0.2, -0.15) is 5.10 Å². The van der Waals surface area contributed by atoms with Crippen LogP contribution in [0.2, 0.25) is 0 Å². The standard InChI is InChI=1S/C29H30N4O4/c1-31-15-14-24(30-31)28(35)32(2)25(18-20-8-4-3-5-9-20)21-12-16-33(17-13-21)27(34)23-19-22-10-6-7-11-26(22)37-29(23)36/h3-11,14-15,19,21,25H,12-13,16-18H2,1-2H3/t25-/m0/s1. The van der Waals surface area contributed by atoms with Gasteiger partial charge in [-0.05, 0) is 48.9 Å². The van der Waals surface area contributed by atoms with Gasteiger partial charge in [0.15, 0.2) is 0 Å². The number of fused-ring (bicyclic) bond motifs is 1. The first-order valence-electron chi connectivity index (χ1n) is 12.5. The molecule has 1 atom stereocenters. The number of hydrogen-bond acceptors (Lipinski definition) is 5. The Hall–Kier alpha value is -4.20. The molecule has 0 unspecified atom stereocenters. The van der Waals surface area contributed by atoms with Crippen molar-refractivity contribution in [3.8, 4) is 0 Å². The smallest absolute Gasteiger partial charge is 0.349 e. The zero-order chi connectivity index (χ0) is 25.9. The Kier molecular flexibility index (Phi) is 6.90. The van der Waals surface area contributed by atoms with Gasteiger partial charge in [0.25, 0.3) is 11.8 Å². The third-order valence-electron chi connectivity index (χ3n) is 7.28. The van der Waals surface area contributed by atoms with Gasteiger partial charge in [0.05, 0.1) is 0 Å². The van der Waals surface area contributed by atoms with E-state index in [9.17, 15) is 14.4 Å². The van der Waals surface area contributed by atoms with Crippen LogP contribution in [0.4, 0.5) is 0 Å². The summed E-state index contributed by atoms with van der Waals surface area (Å²) in [4.78, 5) is 42.6. The third kappa shape index (κ3) is 5.18. The number of rotatable bonds is 6. The summed E-state index contributed by atoms with van der Waals surface area (Å²) < 4.78 is 7.00. The van der Waals surface area contributed by atoms with Crippen LogP contribution in [0.5, 0.6) is 0 Å². The van der Waals surface area contributed by atoms with Gasteiger partial charge in [-0.15, -0.1) is 0 Å². The van der Waals surface area contributed by atoms with Crippen molar-refractivity contribution >= 4 is 22.8 Å². The molecule has 1 aliphatic heterocycles. The number of carbonyl (C=O) groups is 2. The number of benzene rings is 2. The molecule has 0 spiro atoms. The maximum absolute atomic E-state index is 13.3. The number of nitrogens with zero attached hydrogens (tertiary/aromatic N) is 4. The van der Waals surface area contributed by atoms with Gasteiger partial charge in [0.1, 0.15) is 16.8 Å². The van der Waals surface area contributed by atoms with Crippen LogP contribution in [-0.2, 0) is 13.5 Å². The van der Waals surface area contributed by atoms with Crippen molar-refractivity contribution in [1.82, 2.24) is 19.6 Å². The van der Waals surface area contributed by atoms with Crippen molar-refractivity contribution in [1.29, 1.82) is 0 Å². The lowest BCUT2D eigenvalue weighted by molar-refractivity contribution is 0.0517. The lowest BCUT2D eigenvalue weighted by Crippen LogP contribution is -2.49. The first kappa shape index (κ1) is 24.5. The fraction of sp³-hybridized carbons (Fsp3) is 0.310. The molecule has 190 valence electrons. The number of amides is 2. The molecule has 37 heavy (non-hydrogen) atoms. The van der Waals surface area contributed by atoms with Crippen molar-refractivity contribution in [3.05, 3.63) is 100 Å². The molecule has 1 fully saturated rings. The molecular formula is C29H30N4O4. The van der Waals surface area contributed by atoms with Crippen molar-refractivity contribution in [2.75, 3.05) is 20.1 Å². The summed E-state index contributed by atoms with van der Waals surface area (Å²) in [5.41, 5.74) is 1.47. The van der Waals surface area contributed by atoms with E-state index in [-0.39, 0.29) is 29.3 Å². The number of aromatic nitrogens is 2. The van der Waals surface area contributed by atoms with Gasteiger partial charge in [-0.3, -0.25) is 14.3 Å². The molecule has 1 aliphatic rings. The van der Waals surface area contributed by atoms with Crippen LogP contribution in [0.25, 0.3) is 11.0 Å². The molecule has 0 aliphatic carbocycles. The monoisotopic (exact) mass is 498 g/mol. The maximum atomic E-state index is 13.3. The summed E-state index contributed by atoms with van der Waals surface area (Å²) >= 11 is 0. The maximum Gasteiger partial charge on any atom is 0.349 e. The van der Waals surface area contributed by atoms with E-state index in [0.29, 0.717) is 30.8 Å². The quantitative estimate of drug-likeness (QED) is 0.378. The number of aryl methyl sites for hydroxylation is 1. The normalized spacial score (nSPS) is 15.0. The van der Waals surface area contributed by atoms with E-state index in [1.54, 1.807) is 52.0 Å². The van der Waals surface area contributed by atoms with Crippen LogP contribution >= 0.6 is 0 Å². The summed E-state index contributed by atoms with van der Waals surface area (Å²) in [5.74, 6) is -0.237. The zero-order valence-electron chi connectivity index (χ0n) is 21.0. The third-order valence-corrected chi connectivity index (χ3v) is 7.28. The average Bonchev–Trinajstić information content (AvgIpc) is 3.37. The highest BCUT2D eigenvalue weighted by atomic mass is 16.4. The minimum absolute atomic E-state index is 0.0557. The van der Waals surface area contributed by atoms with E-state index in [1.807, 2.05) is 37.4 Å². The molecule has 3 heterocycles. The number of likely N-dealkylation sites (N-methyl/N-ethyl adjacent to an activating group) is 1. The predicted octanol–water partition coefficient (Wildman–Crippen LogP) is 3.76. The van der Waals surface area contributed by atoms with Crippen molar-refractivity contribution in [2.24, 2.45) is 13.0 Å². The Labute approximate surface area is 215 Å². The summed E-state index contributed by atoms with van der Waals surface area (Å²) in [5, 5.41) is 5.02. The van der Waals surface area contributed by atoms with Crippen LogP contribution in [0, 0.1) is 5.92 Å². The first-order valence-corrected chi connectivity index (χ1v) is 12.5. The van der Waals surface area contributed by atoms with Crippen LogP contribution in [0.3, 0.4) is 0 Å². The molecular weight excluding hydrogens is 468 g/mol. The summed E-state index contributed by atoms with van der Waals surface area (Å²) in [6.45, 7) is 1.01. The van der Waals surface area contributed by atoms with E-state index >= 15 is 0 Å². The fourth-order valence-corrected chi connectivity index (χ4v) is 5.20. The van der Waals surface area contributed by atoms with Crippen LogP contribution in [0.1, 0.15) is 39.3 Å². The Balaban J connectivity index is 1.33. The van der Waals surface area contributed by atoms with E-state index in [4.69, 9.17) is 4.42 Å². The number of hydrogen-bond donors (Lipinski definition) is 0. The Morgan fingerprint density at radius 3 is 2.46 bits per heavy atom. The lowest BCUT2D eigenvalue weighted by Gasteiger charge is -2.40. The molecule has 2 aromatic carbocycles. The second kappa shape index (κ2) is 10.4. The van der Waals surface area contributed by atoms with Crippen molar-refractivity contribution < 1.29 is 14.0 Å². The topological polar surface area (TPSA) is 88.7 Å². The number of piperidine rings is 1. The average molecular weight is 499 g/mol. The molecule has 8 heteroatoms. The Morgan fingerprint density at radius 2 is 1.76 bits per heavy atom. The highest BCUT2D eigenvalue weighted by Gasteiger charge is 2.34. The Bertz CT molecular complexity index is 1470. The van der Waals surface area contributed by atoms with Gasteiger partial charge < -0.3 is 14.2 Å².